The highest BCUT2D eigenvalue weighted by molar-refractivity contribution is 5.57. The van der Waals surface area contributed by atoms with Crippen molar-refractivity contribution in [3.8, 4) is 11.4 Å². The molecule has 0 radical (unpaired) electrons. The zero-order chi connectivity index (χ0) is 6.97. The van der Waals surface area contributed by atoms with E-state index in [4.69, 9.17) is 0 Å². The summed E-state index contributed by atoms with van der Waals surface area (Å²) in [5.74, 6) is 0.618. The Labute approximate surface area is 57.2 Å². The summed E-state index contributed by atoms with van der Waals surface area (Å²) < 4.78 is 4.52. The first-order chi connectivity index (χ1) is 4.88. The summed E-state index contributed by atoms with van der Waals surface area (Å²) in [6.45, 7) is 1.86. The predicted molar refractivity (Wildman–Crippen MR) is 33.5 cm³/mol. The van der Waals surface area contributed by atoms with Gasteiger partial charge in [0.25, 0.3) is 0 Å². The minimum Gasteiger partial charge on any atom is -0.242 e. The molecule has 0 aliphatic carbocycles. The Bertz CT molecular complexity index is 317. The maximum absolute atomic E-state index is 4.52. The second-order valence-electron chi connectivity index (χ2n) is 2.03. The van der Waals surface area contributed by atoms with E-state index >= 15 is 0 Å². The smallest absolute Gasteiger partial charge is 0.203 e. The van der Waals surface area contributed by atoms with Gasteiger partial charge in [0, 0.05) is 11.8 Å². The van der Waals surface area contributed by atoms with Crippen LogP contribution < -0.4 is 0 Å². The molecule has 10 heavy (non-hydrogen) atoms. The van der Waals surface area contributed by atoms with Gasteiger partial charge in [0.05, 0.1) is 5.69 Å². The molecule has 4 nitrogen and oxygen atoms in total. The SMILES string of the molecule is Cc1nonc2nccc1-2. The molecule has 2 aliphatic heterocycles. The number of aromatic nitrogens is 3. The van der Waals surface area contributed by atoms with E-state index in [1.165, 1.54) is 0 Å². The quantitative estimate of drug-likeness (QED) is 0.538. The predicted octanol–water partition coefficient (Wildman–Crippen LogP) is 0.878. The number of nitrogens with zero attached hydrogens (tertiary/aromatic N) is 3. The molecule has 0 fully saturated rings. The van der Waals surface area contributed by atoms with Gasteiger partial charge in [0.2, 0.25) is 5.82 Å². The number of hydrogen-bond donors (Lipinski definition) is 0. The van der Waals surface area contributed by atoms with Gasteiger partial charge in [0.1, 0.15) is 0 Å². The topological polar surface area (TPSA) is 51.8 Å². The van der Waals surface area contributed by atoms with Crippen molar-refractivity contribution < 1.29 is 4.63 Å². The van der Waals surface area contributed by atoms with Crippen molar-refractivity contribution in [2.45, 2.75) is 6.92 Å². The van der Waals surface area contributed by atoms with Gasteiger partial charge in [-0.3, -0.25) is 0 Å². The molecule has 0 aromatic carbocycles. The maximum atomic E-state index is 4.52. The van der Waals surface area contributed by atoms with Crippen LogP contribution in [0, 0.1) is 6.92 Å². The Morgan fingerprint density at radius 3 is 3.10 bits per heavy atom. The number of fused-ring (bicyclic) bond motifs is 1. The Balaban J connectivity index is 2.80. The minimum absolute atomic E-state index is 0.618. The van der Waals surface area contributed by atoms with Gasteiger partial charge in [-0.2, -0.15) is 0 Å². The van der Waals surface area contributed by atoms with Crippen molar-refractivity contribution in [3.63, 3.8) is 0 Å². The molecular formula is C6H5N3O. The summed E-state index contributed by atoms with van der Waals surface area (Å²) in [5, 5.41) is 7.26. The van der Waals surface area contributed by atoms with Crippen molar-refractivity contribution in [3.05, 3.63) is 18.0 Å². The molecule has 4 heteroatoms. The molecule has 0 amide bonds. The van der Waals surface area contributed by atoms with Crippen LogP contribution in [0.1, 0.15) is 5.69 Å². The highest BCUT2D eigenvalue weighted by Crippen LogP contribution is 2.17. The van der Waals surface area contributed by atoms with Gasteiger partial charge in [0.15, 0.2) is 0 Å². The van der Waals surface area contributed by atoms with E-state index in [0.29, 0.717) is 5.82 Å². The van der Waals surface area contributed by atoms with E-state index < -0.39 is 0 Å². The van der Waals surface area contributed by atoms with Gasteiger partial charge in [-0.1, -0.05) is 5.16 Å². The number of rotatable bonds is 0. The molecule has 2 rings (SSSR count). The lowest BCUT2D eigenvalue weighted by Crippen LogP contribution is -1.89. The largest absolute Gasteiger partial charge is 0.242 e. The van der Waals surface area contributed by atoms with Crippen molar-refractivity contribution in [2.75, 3.05) is 0 Å². The first-order valence-corrected chi connectivity index (χ1v) is 2.92. The fourth-order valence-corrected chi connectivity index (χ4v) is 0.851. The monoisotopic (exact) mass is 135 g/mol. The van der Waals surface area contributed by atoms with Crippen LogP contribution in [-0.4, -0.2) is 15.3 Å². The van der Waals surface area contributed by atoms with E-state index in [1.807, 2.05) is 13.0 Å². The van der Waals surface area contributed by atoms with Gasteiger partial charge in [-0.25, -0.2) is 9.61 Å². The second-order valence-corrected chi connectivity index (χ2v) is 2.03. The van der Waals surface area contributed by atoms with Crippen LogP contribution in [0.2, 0.25) is 0 Å². The lowest BCUT2D eigenvalue weighted by molar-refractivity contribution is 0.278. The van der Waals surface area contributed by atoms with E-state index in [0.717, 1.165) is 11.3 Å². The van der Waals surface area contributed by atoms with Crippen LogP contribution in [0.5, 0.6) is 0 Å². The highest BCUT2D eigenvalue weighted by Gasteiger charge is 2.08. The van der Waals surface area contributed by atoms with Crippen molar-refractivity contribution in [2.24, 2.45) is 0 Å². The third-order valence-corrected chi connectivity index (χ3v) is 1.37. The third-order valence-electron chi connectivity index (χ3n) is 1.37. The van der Waals surface area contributed by atoms with E-state index in [1.54, 1.807) is 6.20 Å². The van der Waals surface area contributed by atoms with Crippen LogP contribution >= 0.6 is 0 Å². The Morgan fingerprint density at radius 2 is 2.30 bits per heavy atom. The molecule has 0 unspecified atom stereocenters. The maximum Gasteiger partial charge on any atom is 0.203 e. The van der Waals surface area contributed by atoms with Crippen molar-refractivity contribution in [1.82, 2.24) is 15.3 Å². The van der Waals surface area contributed by atoms with Crippen molar-refractivity contribution in [1.29, 1.82) is 0 Å². The normalized spacial score (nSPS) is 10.5. The van der Waals surface area contributed by atoms with Crippen LogP contribution in [0.25, 0.3) is 11.4 Å². The fraction of sp³-hybridized carbons (Fsp3) is 0.167. The average molecular weight is 135 g/mol. The first-order valence-electron chi connectivity index (χ1n) is 2.92. The minimum atomic E-state index is 0.618. The Morgan fingerprint density at radius 1 is 1.40 bits per heavy atom. The molecule has 0 saturated carbocycles. The molecule has 2 heterocycles. The fourth-order valence-electron chi connectivity index (χ4n) is 0.851. The third kappa shape index (κ3) is 0.586. The van der Waals surface area contributed by atoms with Crippen LogP contribution in [0.15, 0.2) is 16.9 Å². The van der Waals surface area contributed by atoms with E-state index in [2.05, 4.69) is 19.9 Å². The van der Waals surface area contributed by atoms with Gasteiger partial charge in [-0.05, 0) is 18.1 Å². The molecule has 0 aromatic heterocycles. The van der Waals surface area contributed by atoms with E-state index in [9.17, 15) is 0 Å². The molecule has 0 aromatic rings. The zero-order valence-corrected chi connectivity index (χ0v) is 5.40. The summed E-state index contributed by atoms with van der Waals surface area (Å²) in [4.78, 5) is 3.93. The summed E-state index contributed by atoms with van der Waals surface area (Å²) in [6.07, 6.45) is 1.68. The molecule has 50 valence electrons. The lowest BCUT2D eigenvalue weighted by Gasteiger charge is -1.93. The lowest BCUT2D eigenvalue weighted by atomic mass is 10.2. The van der Waals surface area contributed by atoms with Crippen molar-refractivity contribution >= 4 is 0 Å². The van der Waals surface area contributed by atoms with Gasteiger partial charge < -0.3 is 0 Å². The van der Waals surface area contributed by atoms with Gasteiger partial charge in [-0.15, -0.1) is 0 Å². The summed E-state index contributed by atoms with van der Waals surface area (Å²) in [7, 11) is 0. The zero-order valence-electron chi connectivity index (χ0n) is 5.40. The van der Waals surface area contributed by atoms with Crippen LogP contribution in [-0.2, 0) is 0 Å². The van der Waals surface area contributed by atoms with Crippen LogP contribution in [0.3, 0.4) is 0 Å². The summed E-state index contributed by atoms with van der Waals surface area (Å²) in [6, 6.07) is 1.86. The molecule has 0 saturated heterocycles. The molecule has 0 N–H and O–H groups in total. The Kier molecular flexibility index (Phi) is 0.943. The van der Waals surface area contributed by atoms with E-state index in [-0.39, 0.29) is 0 Å². The van der Waals surface area contributed by atoms with Gasteiger partial charge >= 0.3 is 0 Å². The van der Waals surface area contributed by atoms with Crippen LogP contribution in [0.4, 0.5) is 0 Å². The second kappa shape index (κ2) is 1.76. The average Bonchev–Trinajstić information content (AvgIpc) is 2.36. The number of aryl methyl sites for hydroxylation is 1. The molecule has 0 atom stereocenters. The molecule has 2 aliphatic rings. The number of hydrogen-bond acceptors (Lipinski definition) is 4. The first kappa shape index (κ1) is 5.34. The molecule has 0 bridgehead atoms. The summed E-state index contributed by atoms with van der Waals surface area (Å²) in [5.41, 5.74) is 1.77. The standard InChI is InChI=1S/C6H5N3O/c1-4-5-2-3-7-6(5)9-10-8-4/h2-3H,1H3. The summed E-state index contributed by atoms with van der Waals surface area (Å²) >= 11 is 0. The Hall–Kier alpha value is -1.45. The highest BCUT2D eigenvalue weighted by atomic mass is 16.6. The molecular weight excluding hydrogens is 130 g/mol. The molecule has 0 spiro atoms.